The van der Waals surface area contributed by atoms with Crippen LogP contribution in [0.25, 0.3) is 21.5 Å². The zero-order valence-electron chi connectivity index (χ0n) is 9.79. The van der Waals surface area contributed by atoms with Gasteiger partial charge < -0.3 is 0 Å². The van der Waals surface area contributed by atoms with Crippen molar-refractivity contribution in [3.05, 3.63) is 59.7 Å². The van der Waals surface area contributed by atoms with Gasteiger partial charge in [0.15, 0.2) is 0 Å². The van der Waals surface area contributed by atoms with E-state index in [9.17, 15) is 0 Å². The molecule has 0 bridgehead atoms. The van der Waals surface area contributed by atoms with Crippen LogP contribution in [0.4, 0.5) is 0 Å². The number of alkyl halides is 2. The Kier molecular flexibility index (Phi) is 3.40. The van der Waals surface area contributed by atoms with Crippen LogP contribution in [0, 0.1) is 0 Å². The average molecular weight is 364 g/mol. The monoisotopic (exact) mass is 362 g/mol. The third kappa shape index (κ3) is 1.98. The smallest absolute Gasteiger partial charge is 0.0289 e. The number of hydrogen-bond donors (Lipinski definition) is 0. The summed E-state index contributed by atoms with van der Waals surface area (Å²) in [6.07, 6.45) is 0. The van der Waals surface area contributed by atoms with Gasteiger partial charge in [0.05, 0.1) is 0 Å². The molecule has 18 heavy (non-hydrogen) atoms. The summed E-state index contributed by atoms with van der Waals surface area (Å²) >= 11 is 7.14. The van der Waals surface area contributed by atoms with Crippen LogP contribution in [0.5, 0.6) is 0 Å². The van der Waals surface area contributed by atoms with Gasteiger partial charge in [-0.3, -0.25) is 0 Å². The van der Waals surface area contributed by atoms with Crippen molar-refractivity contribution in [1.29, 1.82) is 0 Å². The van der Waals surface area contributed by atoms with E-state index in [1.54, 1.807) is 0 Å². The Hall–Kier alpha value is -0.860. The van der Waals surface area contributed by atoms with Crippen molar-refractivity contribution >= 4 is 53.4 Å². The lowest BCUT2D eigenvalue weighted by Gasteiger charge is -2.08. The maximum atomic E-state index is 3.57. The lowest BCUT2D eigenvalue weighted by Crippen LogP contribution is -1.86. The van der Waals surface area contributed by atoms with Gasteiger partial charge in [0, 0.05) is 10.7 Å². The highest BCUT2D eigenvalue weighted by atomic mass is 79.9. The molecule has 3 rings (SSSR count). The van der Waals surface area contributed by atoms with Crippen molar-refractivity contribution in [2.24, 2.45) is 0 Å². The zero-order valence-corrected chi connectivity index (χ0v) is 13.0. The molecule has 0 aromatic heterocycles. The first-order chi connectivity index (χ1) is 8.83. The fourth-order valence-corrected chi connectivity index (χ4v) is 3.39. The molecule has 2 heteroatoms. The Bertz CT molecular complexity index is 658. The second-order valence-electron chi connectivity index (χ2n) is 4.40. The van der Waals surface area contributed by atoms with Crippen molar-refractivity contribution in [2.45, 2.75) is 10.7 Å². The molecule has 3 aromatic carbocycles. The standard InChI is InChI=1S/C16H12Br2/c17-9-13-5-1-3-11-7-12-4-2-6-14(10-18)16(12)8-15(11)13/h1-8H,9-10H2. The second kappa shape index (κ2) is 5.02. The van der Waals surface area contributed by atoms with Crippen molar-refractivity contribution in [3.8, 4) is 0 Å². The first-order valence-electron chi connectivity index (χ1n) is 5.88. The molecular formula is C16H12Br2. The van der Waals surface area contributed by atoms with Crippen molar-refractivity contribution < 1.29 is 0 Å². The fraction of sp³-hybridized carbons (Fsp3) is 0.125. The number of fused-ring (bicyclic) bond motifs is 2. The van der Waals surface area contributed by atoms with Gasteiger partial charge in [0.25, 0.3) is 0 Å². The molecule has 0 atom stereocenters. The van der Waals surface area contributed by atoms with Gasteiger partial charge >= 0.3 is 0 Å². The number of rotatable bonds is 2. The minimum atomic E-state index is 0.895. The number of halogens is 2. The minimum absolute atomic E-state index is 0.895. The van der Waals surface area contributed by atoms with Gasteiger partial charge in [-0.25, -0.2) is 0 Å². The predicted octanol–water partition coefficient (Wildman–Crippen LogP) is 5.78. The summed E-state index contributed by atoms with van der Waals surface area (Å²) in [6.45, 7) is 0. The number of benzene rings is 3. The summed E-state index contributed by atoms with van der Waals surface area (Å²) in [4.78, 5) is 0. The van der Waals surface area contributed by atoms with Crippen molar-refractivity contribution in [1.82, 2.24) is 0 Å². The average Bonchev–Trinajstić information content (AvgIpc) is 2.43. The zero-order chi connectivity index (χ0) is 12.5. The largest absolute Gasteiger partial charge is 0.0876 e. The molecule has 0 saturated heterocycles. The molecule has 0 aliphatic rings. The molecule has 0 aliphatic carbocycles. The molecule has 0 nitrogen and oxygen atoms in total. The van der Waals surface area contributed by atoms with Crippen LogP contribution in [0.15, 0.2) is 48.5 Å². The maximum Gasteiger partial charge on any atom is 0.0289 e. The molecule has 0 unspecified atom stereocenters. The van der Waals surface area contributed by atoms with Gasteiger partial charge in [-0.2, -0.15) is 0 Å². The van der Waals surface area contributed by atoms with Crippen LogP contribution in [0.3, 0.4) is 0 Å². The molecule has 0 heterocycles. The maximum absolute atomic E-state index is 3.57. The van der Waals surface area contributed by atoms with Gasteiger partial charge in [-0.15, -0.1) is 0 Å². The quantitative estimate of drug-likeness (QED) is 0.399. The Labute approximate surface area is 123 Å². The van der Waals surface area contributed by atoms with E-state index in [2.05, 4.69) is 80.4 Å². The third-order valence-electron chi connectivity index (χ3n) is 3.35. The Balaban J connectivity index is 2.44. The molecule has 0 radical (unpaired) electrons. The van der Waals surface area contributed by atoms with E-state index in [1.165, 1.54) is 32.7 Å². The van der Waals surface area contributed by atoms with Crippen LogP contribution in [-0.2, 0) is 10.7 Å². The van der Waals surface area contributed by atoms with E-state index in [1.807, 2.05) is 0 Å². The molecule has 90 valence electrons. The summed E-state index contributed by atoms with van der Waals surface area (Å²) in [5.74, 6) is 0. The van der Waals surface area contributed by atoms with Crippen molar-refractivity contribution in [2.75, 3.05) is 0 Å². The predicted molar refractivity (Wildman–Crippen MR) is 86.7 cm³/mol. The molecule has 0 amide bonds. The molecule has 0 saturated carbocycles. The van der Waals surface area contributed by atoms with Crippen LogP contribution < -0.4 is 0 Å². The van der Waals surface area contributed by atoms with Gasteiger partial charge in [-0.05, 0) is 44.8 Å². The van der Waals surface area contributed by atoms with E-state index in [4.69, 9.17) is 0 Å². The van der Waals surface area contributed by atoms with Gasteiger partial charge in [-0.1, -0.05) is 68.3 Å². The molecule has 0 spiro atoms. The summed E-state index contributed by atoms with van der Waals surface area (Å²) in [5.41, 5.74) is 2.69. The van der Waals surface area contributed by atoms with Gasteiger partial charge in [0.1, 0.15) is 0 Å². The van der Waals surface area contributed by atoms with E-state index in [-0.39, 0.29) is 0 Å². The van der Waals surface area contributed by atoms with E-state index >= 15 is 0 Å². The molecule has 0 N–H and O–H groups in total. The summed E-state index contributed by atoms with van der Waals surface area (Å²) in [7, 11) is 0. The highest BCUT2D eigenvalue weighted by Gasteiger charge is 2.04. The van der Waals surface area contributed by atoms with Crippen LogP contribution in [0.1, 0.15) is 11.1 Å². The summed E-state index contributed by atoms with van der Waals surface area (Å²) < 4.78 is 0. The Morgan fingerprint density at radius 1 is 0.667 bits per heavy atom. The van der Waals surface area contributed by atoms with Crippen LogP contribution >= 0.6 is 31.9 Å². The summed E-state index contributed by atoms with van der Waals surface area (Å²) in [6, 6.07) is 17.6. The normalized spacial score (nSPS) is 11.2. The Morgan fingerprint density at radius 3 is 1.61 bits per heavy atom. The highest BCUT2D eigenvalue weighted by molar-refractivity contribution is 9.08. The molecular weight excluding hydrogens is 352 g/mol. The third-order valence-corrected chi connectivity index (χ3v) is 4.56. The number of hydrogen-bond acceptors (Lipinski definition) is 0. The molecule has 0 fully saturated rings. The van der Waals surface area contributed by atoms with Crippen LogP contribution in [0.2, 0.25) is 0 Å². The topological polar surface area (TPSA) is 0 Å². The van der Waals surface area contributed by atoms with E-state index < -0.39 is 0 Å². The summed E-state index contributed by atoms with van der Waals surface area (Å²) in [5, 5.41) is 7.10. The Morgan fingerprint density at radius 2 is 1.17 bits per heavy atom. The second-order valence-corrected chi connectivity index (χ2v) is 5.52. The van der Waals surface area contributed by atoms with Gasteiger partial charge in [0.2, 0.25) is 0 Å². The lowest BCUT2D eigenvalue weighted by atomic mass is 9.98. The van der Waals surface area contributed by atoms with E-state index in [0.717, 1.165) is 10.7 Å². The highest BCUT2D eigenvalue weighted by Crippen LogP contribution is 2.29. The molecule has 3 aromatic rings. The first kappa shape index (κ1) is 12.2. The minimum Gasteiger partial charge on any atom is -0.0876 e. The SMILES string of the molecule is BrCc1cccc2cc3cccc(CBr)c3cc12. The van der Waals surface area contributed by atoms with E-state index in [0.29, 0.717) is 0 Å². The first-order valence-corrected chi connectivity index (χ1v) is 8.13. The lowest BCUT2D eigenvalue weighted by molar-refractivity contribution is 1.48. The molecule has 0 aliphatic heterocycles. The fourth-order valence-electron chi connectivity index (χ4n) is 2.41. The van der Waals surface area contributed by atoms with Crippen LogP contribution in [-0.4, -0.2) is 0 Å². The van der Waals surface area contributed by atoms with Crippen molar-refractivity contribution in [3.63, 3.8) is 0 Å².